The maximum atomic E-state index is 10.0. The van der Waals surface area contributed by atoms with E-state index in [1.165, 1.54) is 19.2 Å². The van der Waals surface area contributed by atoms with Crippen LogP contribution in [0.4, 0.5) is 0 Å². The molecule has 0 aliphatic heterocycles. The monoisotopic (exact) mass is 289 g/mol. The van der Waals surface area contributed by atoms with Gasteiger partial charge < -0.3 is 30.6 Å². The van der Waals surface area contributed by atoms with Crippen LogP contribution in [0.3, 0.4) is 0 Å². The van der Waals surface area contributed by atoms with E-state index in [0.29, 0.717) is 0 Å². The molecule has 0 saturated carbocycles. The fourth-order valence-electron chi connectivity index (χ4n) is 2.03. The van der Waals surface area contributed by atoms with E-state index in [4.69, 9.17) is 10.1 Å². The molecule has 21 heavy (non-hydrogen) atoms. The summed E-state index contributed by atoms with van der Waals surface area (Å²) in [5, 5.41) is 46.6. The van der Waals surface area contributed by atoms with Crippen LogP contribution in [0, 0.1) is 5.41 Å². The summed E-state index contributed by atoms with van der Waals surface area (Å²) < 4.78 is 4.85. The molecule has 2 aromatic rings. The number of rotatable bonds is 4. The average Bonchev–Trinajstić information content (AvgIpc) is 2.41. The Morgan fingerprint density at radius 3 is 2.24 bits per heavy atom. The number of phenolic OH excluding ortho intramolecular Hbond substituents is 4. The highest BCUT2D eigenvalue weighted by Crippen LogP contribution is 2.43. The maximum absolute atomic E-state index is 10.0. The number of aromatic hydroxyl groups is 4. The Morgan fingerprint density at radius 1 is 1.05 bits per heavy atom. The van der Waals surface area contributed by atoms with Crippen molar-refractivity contribution in [3.63, 3.8) is 0 Å². The van der Waals surface area contributed by atoms with E-state index in [1.54, 1.807) is 12.1 Å². The van der Waals surface area contributed by atoms with Crippen LogP contribution in [0.5, 0.6) is 28.7 Å². The van der Waals surface area contributed by atoms with Crippen molar-refractivity contribution in [2.24, 2.45) is 0 Å². The number of benzene rings is 2. The predicted octanol–water partition coefficient (Wildman–Crippen LogP) is 2.13. The van der Waals surface area contributed by atoms with E-state index in [1.807, 2.05) is 0 Å². The van der Waals surface area contributed by atoms with Crippen LogP contribution in [-0.2, 0) is 6.42 Å². The van der Waals surface area contributed by atoms with Gasteiger partial charge in [-0.05, 0) is 17.7 Å². The topological polar surface area (TPSA) is 114 Å². The molecule has 0 aliphatic carbocycles. The SMILES string of the molecule is COc1c(O)cc(O)c(C(=N)Cc2ccc(O)cc2)c1O. The van der Waals surface area contributed by atoms with E-state index < -0.39 is 17.2 Å². The van der Waals surface area contributed by atoms with Crippen LogP contribution in [0.15, 0.2) is 30.3 Å². The zero-order chi connectivity index (χ0) is 15.6. The molecule has 5 N–H and O–H groups in total. The zero-order valence-electron chi connectivity index (χ0n) is 11.3. The molecule has 0 radical (unpaired) electrons. The smallest absolute Gasteiger partial charge is 0.203 e. The predicted molar refractivity (Wildman–Crippen MR) is 76.6 cm³/mol. The van der Waals surface area contributed by atoms with Crippen molar-refractivity contribution in [1.82, 2.24) is 0 Å². The number of ether oxygens (including phenoxy) is 1. The van der Waals surface area contributed by atoms with Crippen LogP contribution in [0.25, 0.3) is 0 Å². The molecular weight excluding hydrogens is 274 g/mol. The number of hydrogen-bond donors (Lipinski definition) is 5. The molecular formula is C15H15NO5. The standard InChI is InChI=1S/C15H15NO5/c1-21-15-12(19)7-11(18)13(14(15)20)10(16)6-8-2-4-9(17)5-3-8/h2-5,7,16-20H,6H2,1H3. The van der Waals surface area contributed by atoms with Gasteiger partial charge in [0, 0.05) is 12.5 Å². The molecule has 2 aromatic carbocycles. The number of hydrogen-bond acceptors (Lipinski definition) is 6. The van der Waals surface area contributed by atoms with Crippen molar-refractivity contribution in [1.29, 1.82) is 5.41 Å². The summed E-state index contributed by atoms with van der Waals surface area (Å²) in [7, 11) is 1.26. The molecule has 0 atom stereocenters. The minimum Gasteiger partial charge on any atom is -0.508 e. The molecule has 0 heterocycles. The van der Waals surface area contributed by atoms with Gasteiger partial charge in [-0.1, -0.05) is 12.1 Å². The first-order valence-corrected chi connectivity index (χ1v) is 6.11. The quantitative estimate of drug-likeness (QED) is 0.553. The summed E-state index contributed by atoms with van der Waals surface area (Å²) in [5.74, 6) is -1.39. The Morgan fingerprint density at radius 2 is 1.67 bits per heavy atom. The van der Waals surface area contributed by atoms with Crippen LogP contribution < -0.4 is 4.74 Å². The van der Waals surface area contributed by atoms with E-state index in [9.17, 15) is 20.4 Å². The second-order valence-electron chi connectivity index (χ2n) is 4.49. The number of nitrogens with one attached hydrogen (secondary N) is 1. The zero-order valence-corrected chi connectivity index (χ0v) is 11.3. The fraction of sp³-hybridized carbons (Fsp3) is 0.133. The lowest BCUT2D eigenvalue weighted by Gasteiger charge is -2.13. The molecule has 2 rings (SSSR count). The fourth-order valence-corrected chi connectivity index (χ4v) is 2.03. The number of methoxy groups -OCH3 is 1. The van der Waals surface area contributed by atoms with Crippen molar-refractivity contribution >= 4 is 5.71 Å². The van der Waals surface area contributed by atoms with Crippen molar-refractivity contribution < 1.29 is 25.2 Å². The summed E-state index contributed by atoms with van der Waals surface area (Å²) in [6, 6.07) is 7.25. The molecule has 6 nitrogen and oxygen atoms in total. The van der Waals surface area contributed by atoms with Gasteiger partial charge in [0.25, 0.3) is 0 Å². The van der Waals surface area contributed by atoms with E-state index in [0.717, 1.165) is 11.6 Å². The molecule has 0 spiro atoms. The van der Waals surface area contributed by atoms with E-state index >= 15 is 0 Å². The first-order chi connectivity index (χ1) is 9.93. The first-order valence-electron chi connectivity index (χ1n) is 6.11. The molecule has 6 heteroatoms. The van der Waals surface area contributed by atoms with Gasteiger partial charge in [0.1, 0.15) is 11.5 Å². The lowest BCUT2D eigenvalue weighted by Crippen LogP contribution is -2.05. The normalized spacial score (nSPS) is 10.3. The molecule has 0 amide bonds. The molecule has 0 saturated heterocycles. The molecule has 0 fully saturated rings. The summed E-state index contributed by atoms with van der Waals surface area (Å²) in [4.78, 5) is 0. The van der Waals surface area contributed by atoms with Crippen LogP contribution in [0.2, 0.25) is 0 Å². The third-order valence-corrected chi connectivity index (χ3v) is 3.04. The summed E-state index contributed by atoms with van der Waals surface area (Å²) >= 11 is 0. The van der Waals surface area contributed by atoms with Crippen LogP contribution >= 0.6 is 0 Å². The minimum absolute atomic E-state index is 0.0472. The molecule has 0 bridgehead atoms. The molecule has 0 unspecified atom stereocenters. The Balaban J connectivity index is 2.37. The summed E-state index contributed by atoms with van der Waals surface area (Å²) in [6.07, 6.45) is 0.134. The van der Waals surface area contributed by atoms with Gasteiger partial charge in [-0.2, -0.15) is 0 Å². The minimum atomic E-state index is -0.487. The highest BCUT2D eigenvalue weighted by molar-refractivity contribution is 6.05. The van der Waals surface area contributed by atoms with E-state index in [-0.39, 0.29) is 29.2 Å². The molecule has 110 valence electrons. The van der Waals surface area contributed by atoms with Gasteiger partial charge >= 0.3 is 0 Å². The lowest BCUT2D eigenvalue weighted by molar-refractivity contribution is 0.339. The Kier molecular flexibility index (Phi) is 3.89. The highest BCUT2D eigenvalue weighted by Gasteiger charge is 2.21. The largest absolute Gasteiger partial charge is 0.508 e. The van der Waals surface area contributed by atoms with Crippen molar-refractivity contribution in [2.45, 2.75) is 6.42 Å². The molecule has 0 aliphatic rings. The van der Waals surface area contributed by atoms with Crippen molar-refractivity contribution in [3.8, 4) is 28.7 Å². The Bertz CT molecular complexity index is 679. The van der Waals surface area contributed by atoms with Crippen molar-refractivity contribution in [3.05, 3.63) is 41.5 Å². The highest BCUT2D eigenvalue weighted by atomic mass is 16.5. The van der Waals surface area contributed by atoms with Crippen LogP contribution in [0.1, 0.15) is 11.1 Å². The van der Waals surface area contributed by atoms with Crippen LogP contribution in [-0.4, -0.2) is 33.2 Å². The summed E-state index contributed by atoms with van der Waals surface area (Å²) in [6.45, 7) is 0. The van der Waals surface area contributed by atoms with Gasteiger partial charge in [-0.25, -0.2) is 0 Å². The van der Waals surface area contributed by atoms with Gasteiger partial charge in [-0.15, -0.1) is 0 Å². The van der Waals surface area contributed by atoms with Gasteiger partial charge in [0.15, 0.2) is 11.5 Å². The Hall–Kier alpha value is -2.89. The molecule has 0 aromatic heterocycles. The van der Waals surface area contributed by atoms with E-state index in [2.05, 4.69) is 0 Å². The first kappa shape index (κ1) is 14.5. The Labute approximate surface area is 121 Å². The van der Waals surface area contributed by atoms with Gasteiger partial charge in [0.2, 0.25) is 5.75 Å². The third kappa shape index (κ3) is 2.84. The van der Waals surface area contributed by atoms with Gasteiger partial charge in [-0.3, -0.25) is 0 Å². The summed E-state index contributed by atoms with van der Waals surface area (Å²) in [5.41, 5.74) is 0.579. The van der Waals surface area contributed by atoms with Gasteiger partial charge in [0.05, 0.1) is 18.4 Å². The third-order valence-electron chi connectivity index (χ3n) is 3.04. The second kappa shape index (κ2) is 5.62. The number of phenols is 4. The lowest BCUT2D eigenvalue weighted by atomic mass is 9.99. The average molecular weight is 289 g/mol. The second-order valence-corrected chi connectivity index (χ2v) is 4.49. The maximum Gasteiger partial charge on any atom is 0.203 e. The van der Waals surface area contributed by atoms with Crippen molar-refractivity contribution in [2.75, 3.05) is 7.11 Å².